The Bertz CT molecular complexity index is 449. The van der Waals surface area contributed by atoms with Crippen LogP contribution in [-0.2, 0) is 7.05 Å². The lowest BCUT2D eigenvalue weighted by atomic mass is 10.3. The maximum Gasteiger partial charge on any atom is 0.152 e. The largest absolute Gasteiger partial charge is 0.387 e. The van der Waals surface area contributed by atoms with Gasteiger partial charge in [0.05, 0.1) is 23.8 Å². The first-order chi connectivity index (χ1) is 7.28. The highest BCUT2D eigenvalue weighted by atomic mass is 15.3. The van der Waals surface area contributed by atoms with Gasteiger partial charge in [0.1, 0.15) is 0 Å². The molecule has 78 valence electrons. The van der Waals surface area contributed by atoms with Crippen LogP contribution in [0.25, 0.3) is 0 Å². The SMILES string of the molecule is CNc1cncc(Nc2ccn(C)n2)c1. The zero-order valence-electron chi connectivity index (χ0n) is 8.73. The van der Waals surface area contributed by atoms with E-state index in [9.17, 15) is 0 Å². The monoisotopic (exact) mass is 203 g/mol. The summed E-state index contributed by atoms with van der Waals surface area (Å²) >= 11 is 0. The van der Waals surface area contributed by atoms with Gasteiger partial charge in [-0.3, -0.25) is 9.67 Å². The summed E-state index contributed by atoms with van der Waals surface area (Å²) in [6.45, 7) is 0. The summed E-state index contributed by atoms with van der Waals surface area (Å²) in [4.78, 5) is 4.10. The number of pyridine rings is 1. The third kappa shape index (κ3) is 2.25. The molecule has 0 fully saturated rings. The third-order valence-corrected chi connectivity index (χ3v) is 2.01. The molecule has 5 nitrogen and oxygen atoms in total. The van der Waals surface area contributed by atoms with Gasteiger partial charge in [-0.25, -0.2) is 0 Å². The number of anilines is 3. The Kier molecular flexibility index (Phi) is 2.53. The van der Waals surface area contributed by atoms with Crippen LogP contribution in [0.15, 0.2) is 30.7 Å². The van der Waals surface area contributed by atoms with Crippen LogP contribution >= 0.6 is 0 Å². The van der Waals surface area contributed by atoms with Crippen LogP contribution in [0, 0.1) is 0 Å². The fourth-order valence-electron chi connectivity index (χ4n) is 1.27. The van der Waals surface area contributed by atoms with Crippen molar-refractivity contribution in [2.75, 3.05) is 17.7 Å². The summed E-state index contributed by atoms with van der Waals surface area (Å²) in [5.41, 5.74) is 1.89. The molecule has 2 aromatic heterocycles. The smallest absolute Gasteiger partial charge is 0.152 e. The molecule has 0 spiro atoms. The predicted octanol–water partition coefficient (Wildman–Crippen LogP) is 1.60. The van der Waals surface area contributed by atoms with Crippen LogP contribution in [0.3, 0.4) is 0 Å². The fourth-order valence-corrected chi connectivity index (χ4v) is 1.27. The summed E-state index contributed by atoms with van der Waals surface area (Å²) < 4.78 is 1.75. The molecule has 2 N–H and O–H groups in total. The standard InChI is InChI=1S/C10H13N5/c1-11-8-5-9(7-12-6-8)13-10-3-4-15(2)14-10/h3-7,11H,1-2H3,(H,13,14). The van der Waals surface area contributed by atoms with Crippen molar-refractivity contribution < 1.29 is 0 Å². The van der Waals surface area contributed by atoms with E-state index >= 15 is 0 Å². The highest BCUT2D eigenvalue weighted by Crippen LogP contribution is 2.16. The molecule has 0 aliphatic rings. The lowest BCUT2D eigenvalue weighted by molar-refractivity contribution is 0.771. The van der Waals surface area contributed by atoms with E-state index in [-0.39, 0.29) is 0 Å². The number of aromatic nitrogens is 3. The van der Waals surface area contributed by atoms with E-state index in [0.717, 1.165) is 17.2 Å². The molecule has 0 aliphatic heterocycles. The molecule has 0 bridgehead atoms. The van der Waals surface area contributed by atoms with Gasteiger partial charge in [-0.1, -0.05) is 0 Å². The van der Waals surface area contributed by atoms with Crippen molar-refractivity contribution >= 4 is 17.2 Å². The molecular weight excluding hydrogens is 190 g/mol. The topological polar surface area (TPSA) is 54.8 Å². The maximum absolute atomic E-state index is 4.22. The zero-order valence-corrected chi connectivity index (χ0v) is 8.73. The number of hydrogen-bond donors (Lipinski definition) is 2. The molecule has 0 aliphatic carbocycles. The van der Waals surface area contributed by atoms with Crippen molar-refractivity contribution in [1.29, 1.82) is 0 Å². The second-order valence-electron chi connectivity index (χ2n) is 3.21. The minimum absolute atomic E-state index is 0.813. The Morgan fingerprint density at radius 2 is 2.07 bits per heavy atom. The first-order valence-electron chi connectivity index (χ1n) is 4.67. The van der Waals surface area contributed by atoms with Gasteiger partial charge >= 0.3 is 0 Å². The second-order valence-corrected chi connectivity index (χ2v) is 3.21. The van der Waals surface area contributed by atoms with E-state index in [1.165, 1.54) is 0 Å². The van der Waals surface area contributed by atoms with Gasteiger partial charge in [0.15, 0.2) is 5.82 Å². The van der Waals surface area contributed by atoms with Crippen molar-refractivity contribution in [3.05, 3.63) is 30.7 Å². The molecule has 0 saturated heterocycles. The summed E-state index contributed by atoms with van der Waals surface area (Å²) in [6.07, 6.45) is 5.41. The predicted molar refractivity (Wildman–Crippen MR) is 60.3 cm³/mol. The van der Waals surface area contributed by atoms with Crippen molar-refractivity contribution in [3.8, 4) is 0 Å². The molecule has 0 saturated carbocycles. The van der Waals surface area contributed by atoms with E-state index in [0.29, 0.717) is 0 Å². The summed E-state index contributed by atoms with van der Waals surface area (Å²) in [5, 5.41) is 10.4. The second kappa shape index (κ2) is 4.00. The Hall–Kier alpha value is -2.04. The minimum Gasteiger partial charge on any atom is -0.387 e. The van der Waals surface area contributed by atoms with Gasteiger partial charge in [-0.05, 0) is 6.07 Å². The maximum atomic E-state index is 4.22. The number of hydrogen-bond acceptors (Lipinski definition) is 4. The molecule has 0 amide bonds. The lowest BCUT2D eigenvalue weighted by Crippen LogP contribution is -1.96. The highest BCUT2D eigenvalue weighted by Gasteiger charge is 1.98. The number of nitrogens with one attached hydrogen (secondary N) is 2. The zero-order chi connectivity index (χ0) is 10.7. The van der Waals surface area contributed by atoms with Gasteiger partial charge in [0.25, 0.3) is 0 Å². The Balaban J connectivity index is 2.16. The average molecular weight is 203 g/mol. The quantitative estimate of drug-likeness (QED) is 0.795. The van der Waals surface area contributed by atoms with Gasteiger partial charge in [-0.2, -0.15) is 5.10 Å². The summed E-state index contributed by atoms with van der Waals surface area (Å²) in [7, 11) is 3.75. The molecule has 2 rings (SSSR count). The fraction of sp³-hybridized carbons (Fsp3) is 0.200. The van der Waals surface area contributed by atoms with E-state index in [2.05, 4.69) is 20.7 Å². The average Bonchev–Trinajstić information content (AvgIpc) is 2.64. The first-order valence-corrected chi connectivity index (χ1v) is 4.67. The lowest BCUT2D eigenvalue weighted by Gasteiger charge is -2.04. The van der Waals surface area contributed by atoms with Crippen LogP contribution in [-0.4, -0.2) is 21.8 Å². The van der Waals surface area contributed by atoms with E-state index in [1.54, 1.807) is 17.1 Å². The molecule has 0 unspecified atom stereocenters. The molecular formula is C10H13N5. The molecule has 0 aromatic carbocycles. The van der Waals surface area contributed by atoms with Crippen LogP contribution in [0.1, 0.15) is 0 Å². The highest BCUT2D eigenvalue weighted by molar-refractivity contribution is 5.60. The normalized spacial score (nSPS) is 10.0. The molecule has 0 atom stereocenters. The Morgan fingerprint density at radius 3 is 2.73 bits per heavy atom. The third-order valence-electron chi connectivity index (χ3n) is 2.01. The molecule has 0 radical (unpaired) electrons. The molecule has 2 heterocycles. The van der Waals surface area contributed by atoms with Gasteiger partial charge in [-0.15, -0.1) is 0 Å². The van der Waals surface area contributed by atoms with Crippen LogP contribution in [0.5, 0.6) is 0 Å². The molecule has 2 aromatic rings. The Labute approximate surface area is 88.1 Å². The first kappa shape index (κ1) is 9.51. The minimum atomic E-state index is 0.813. The Morgan fingerprint density at radius 1 is 1.27 bits per heavy atom. The van der Waals surface area contributed by atoms with E-state index < -0.39 is 0 Å². The van der Waals surface area contributed by atoms with Crippen LogP contribution in [0.4, 0.5) is 17.2 Å². The summed E-state index contributed by atoms with van der Waals surface area (Å²) in [5.74, 6) is 0.813. The van der Waals surface area contributed by atoms with Gasteiger partial charge in [0.2, 0.25) is 0 Å². The van der Waals surface area contributed by atoms with Crippen molar-refractivity contribution in [1.82, 2.24) is 14.8 Å². The van der Waals surface area contributed by atoms with E-state index in [1.807, 2.05) is 32.4 Å². The number of nitrogens with zero attached hydrogens (tertiary/aromatic N) is 3. The van der Waals surface area contributed by atoms with Crippen molar-refractivity contribution in [2.24, 2.45) is 7.05 Å². The van der Waals surface area contributed by atoms with Crippen molar-refractivity contribution in [2.45, 2.75) is 0 Å². The van der Waals surface area contributed by atoms with Crippen LogP contribution < -0.4 is 10.6 Å². The number of aryl methyl sites for hydroxylation is 1. The molecule has 15 heavy (non-hydrogen) atoms. The molecule has 5 heteroatoms. The van der Waals surface area contributed by atoms with Crippen molar-refractivity contribution in [3.63, 3.8) is 0 Å². The van der Waals surface area contributed by atoms with E-state index in [4.69, 9.17) is 0 Å². The summed E-state index contributed by atoms with van der Waals surface area (Å²) in [6, 6.07) is 3.88. The number of rotatable bonds is 3. The van der Waals surface area contributed by atoms with Crippen LogP contribution in [0.2, 0.25) is 0 Å². The van der Waals surface area contributed by atoms with Gasteiger partial charge < -0.3 is 10.6 Å². The van der Waals surface area contributed by atoms with Gasteiger partial charge in [0, 0.05) is 26.4 Å².